The fourth-order valence-electron chi connectivity index (χ4n) is 4.57. The highest BCUT2D eigenvalue weighted by Gasteiger charge is 2.34. The molecular formula is C19H32N2O3. The van der Waals surface area contributed by atoms with Gasteiger partial charge in [-0.25, -0.2) is 0 Å². The fourth-order valence-corrected chi connectivity index (χ4v) is 4.57. The summed E-state index contributed by atoms with van der Waals surface area (Å²) in [7, 11) is 0. The van der Waals surface area contributed by atoms with Gasteiger partial charge in [-0.15, -0.1) is 0 Å². The molecule has 2 saturated heterocycles. The molecule has 1 aliphatic carbocycles. The Labute approximate surface area is 145 Å². The minimum Gasteiger partial charge on any atom is -0.396 e. The second-order valence-electron chi connectivity index (χ2n) is 7.99. The Bertz CT molecular complexity index is 440. The second-order valence-corrected chi connectivity index (χ2v) is 7.99. The molecule has 3 fully saturated rings. The van der Waals surface area contributed by atoms with Gasteiger partial charge in [-0.2, -0.15) is 0 Å². The van der Waals surface area contributed by atoms with Crippen LogP contribution in [0.25, 0.3) is 0 Å². The average molecular weight is 336 g/mol. The number of carbonyl (C=O) groups excluding carboxylic acids is 2. The second kappa shape index (κ2) is 8.32. The van der Waals surface area contributed by atoms with Gasteiger partial charge in [0.15, 0.2) is 0 Å². The molecule has 24 heavy (non-hydrogen) atoms. The lowest BCUT2D eigenvalue weighted by molar-refractivity contribution is -0.144. The molecule has 5 nitrogen and oxygen atoms in total. The highest BCUT2D eigenvalue weighted by Crippen LogP contribution is 2.28. The van der Waals surface area contributed by atoms with Crippen molar-refractivity contribution in [3.63, 3.8) is 0 Å². The van der Waals surface area contributed by atoms with E-state index in [2.05, 4.69) is 0 Å². The van der Waals surface area contributed by atoms with E-state index in [4.69, 9.17) is 0 Å². The van der Waals surface area contributed by atoms with Gasteiger partial charge < -0.3 is 14.9 Å². The highest BCUT2D eigenvalue weighted by molar-refractivity contribution is 5.84. The van der Waals surface area contributed by atoms with Gasteiger partial charge in [-0.05, 0) is 43.9 Å². The van der Waals surface area contributed by atoms with E-state index < -0.39 is 0 Å². The topological polar surface area (TPSA) is 60.9 Å². The van der Waals surface area contributed by atoms with Crippen molar-refractivity contribution in [3.8, 4) is 0 Å². The van der Waals surface area contributed by atoms with Crippen LogP contribution in [0.4, 0.5) is 0 Å². The number of likely N-dealkylation sites (tertiary alicyclic amines) is 2. The Morgan fingerprint density at radius 3 is 2.38 bits per heavy atom. The fraction of sp³-hybridized carbons (Fsp3) is 0.895. The number of nitrogens with zero attached hydrogens (tertiary/aromatic N) is 2. The summed E-state index contributed by atoms with van der Waals surface area (Å²) in [5.41, 5.74) is 0. The van der Waals surface area contributed by atoms with Crippen LogP contribution >= 0.6 is 0 Å². The van der Waals surface area contributed by atoms with Gasteiger partial charge >= 0.3 is 0 Å². The van der Waals surface area contributed by atoms with E-state index in [0.29, 0.717) is 31.2 Å². The standard InChI is InChI=1S/C19H32N2O3/c22-14-16-8-10-20(11-9-16)19(24)17-6-7-18(23)21(13-17)12-15-4-2-1-3-5-15/h15-17,22H,1-14H2/t17-/m1/s1. The van der Waals surface area contributed by atoms with Gasteiger partial charge in [0, 0.05) is 39.2 Å². The van der Waals surface area contributed by atoms with Gasteiger partial charge in [0.1, 0.15) is 0 Å². The number of rotatable bonds is 4. The number of hydrogen-bond donors (Lipinski definition) is 1. The third-order valence-electron chi connectivity index (χ3n) is 6.24. The smallest absolute Gasteiger partial charge is 0.227 e. The molecule has 0 unspecified atom stereocenters. The van der Waals surface area contributed by atoms with Crippen LogP contribution in [0.1, 0.15) is 57.8 Å². The largest absolute Gasteiger partial charge is 0.396 e. The van der Waals surface area contributed by atoms with Crippen molar-refractivity contribution in [1.82, 2.24) is 9.80 Å². The third kappa shape index (κ3) is 4.29. The monoisotopic (exact) mass is 336 g/mol. The SMILES string of the molecule is O=C1CC[C@@H](C(=O)N2CCC(CO)CC2)CN1CC1CCCCC1. The molecular weight excluding hydrogens is 304 g/mol. The average Bonchev–Trinajstić information content (AvgIpc) is 2.64. The summed E-state index contributed by atoms with van der Waals surface area (Å²) in [4.78, 5) is 29.0. The Morgan fingerprint density at radius 1 is 1.00 bits per heavy atom. The maximum Gasteiger partial charge on any atom is 0.227 e. The van der Waals surface area contributed by atoms with E-state index in [1.54, 1.807) is 0 Å². The molecule has 3 rings (SSSR count). The number of piperidine rings is 2. The minimum absolute atomic E-state index is 0.0167. The van der Waals surface area contributed by atoms with E-state index >= 15 is 0 Å². The molecule has 2 aliphatic heterocycles. The first-order valence-electron chi connectivity index (χ1n) is 9.84. The van der Waals surface area contributed by atoms with Crippen molar-refractivity contribution in [2.24, 2.45) is 17.8 Å². The first-order chi connectivity index (χ1) is 11.7. The molecule has 5 heteroatoms. The first kappa shape index (κ1) is 17.7. The van der Waals surface area contributed by atoms with Crippen LogP contribution in [0.15, 0.2) is 0 Å². The highest BCUT2D eigenvalue weighted by atomic mass is 16.3. The van der Waals surface area contributed by atoms with Crippen LogP contribution in [-0.2, 0) is 9.59 Å². The van der Waals surface area contributed by atoms with Crippen LogP contribution in [0.2, 0.25) is 0 Å². The van der Waals surface area contributed by atoms with E-state index in [1.165, 1.54) is 32.1 Å². The zero-order valence-corrected chi connectivity index (χ0v) is 14.8. The molecule has 1 atom stereocenters. The Balaban J connectivity index is 1.52. The predicted octanol–water partition coefficient (Wildman–Crippen LogP) is 2.04. The number of aliphatic hydroxyl groups is 1. The summed E-state index contributed by atoms with van der Waals surface area (Å²) in [6.45, 7) is 3.23. The van der Waals surface area contributed by atoms with Crippen molar-refractivity contribution >= 4 is 11.8 Å². The van der Waals surface area contributed by atoms with Crippen molar-refractivity contribution in [2.45, 2.75) is 57.8 Å². The lowest BCUT2D eigenvalue weighted by Gasteiger charge is -2.39. The molecule has 1 saturated carbocycles. The van der Waals surface area contributed by atoms with Crippen molar-refractivity contribution in [1.29, 1.82) is 0 Å². The lowest BCUT2D eigenvalue weighted by atomic mass is 9.87. The number of aliphatic hydroxyl groups excluding tert-OH is 1. The van der Waals surface area contributed by atoms with Crippen LogP contribution in [0.3, 0.4) is 0 Å². The van der Waals surface area contributed by atoms with Crippen LogP contribution in [-0.4, -0.2) is 59.5 Å². The molecule has 1 N–H and O–H groups in total. The van der Waals surface area contributed by atoms with Crippen molar-refractivity contribution in [3.05, 3.63) is 0 Å². The van der Waals surface area contributed by atoms with Gasteiger partial charge in [0.25, 0.3) is 0 Å². The van der Waals surface area contributed by atoms with E-state index in [1.807, 2.05) is 9.80 Å². The lowest BCUT2D eigenvalue weighted by Crippen LogP contribution is -2.50. The molecule has 0 aromatic carbocycles. The summed E-state index contributed by atoms with van der Waals surface area (Å²) in [5.74, 6) is 1.44. The van der Waals surface area contributed by atoms with Gasteiger partial charge in [-0.3, -0.25) is 9.59 Å². The summed E-state index contributed by atoms with van der Waals surface area (Å²) >= 11 is 0. The van der Waals surface area contributed by atoms with Crippen LogP contribution in [0, 0.1) is 17.8 Å². The zero-order valence-electron chi connectivity index (χ0n) is 14.8. The molecule has 2 amide bonds. The van der Waals surface area contributed by atoms with E-state index in [0.717, 1.165) is 32.5 Å². The predicted molar refractivity (Wildman–Crippen MR) is 92.3 cm³/mol. The van der Waals surface area contributed by atoms with Crippen LogP contribution < -0.4 is 0 Å². The van der Waals surface area contributed by atoms with Gasteiger partial charge in [0.05, 0.1) is 5.92 Å². The molecule has 0 aromatic heterocycles. The molecule has 0 aromatic rings. The maximum atomic E-state index is 12.8. The minimum atomic E-state index is -0.0167. The van der Waals surface area contributed by atoms with Crippen molar-refractivity contribution < 1.29 is 14.7 Å². The summed E-state index contributed by atoms with van der Waals surface area (Å²) in [6.07, 6.45) is 9.40. The van der Waals surface area contributed by atoms with E-state index in [-0.39, 0.29) is 24.3 Å². The number of hydrogen-bond acceptors (Lipinski definition) is 3. The Hall–Kier alpha value is -1.10. The normalized spacial score (nSPS) is 27.5. The zero-order chi connectivity index (χ0) is 16.9. The van der Waals surface area contributed by atoms with Gasteiger partial charge in [0.2, 0.25) is 11.8 Å². The molecule has 0 bridgehead atoms. The van der Waals surface area contributed by atoms with E-state index in [9.17, 15) is 14.7 Å². The summed E-state index contributed by atoms with van der Waals surface area (Å²) in [6, 6.07) is 0. The van der Waals surface area contributed by atoms with Gasteiger partial charge in [-0.1, -0.05) is 19.3 Å². The third-order valence-corrected chi connectivity index (χ3v) is 6.24. The number of amides is 2. The summed E-state index contributed by atoms with van der Waals surface area (Å²) < 4.78 is 0. The first-order valence-corrected chi connectivity index (χ1v) is 9.84. The maximum absolute atomic E-state index is 12.8. The summed E-state index contributed by atoms with van der Waals surface area (Å²) in [5, 5.41) is 9.24. The van der Waals surface area contributed by atoms with Crippen LogP contribution in [0.5, 0.6) is 0 Å². The molecule has 0 radical (unpaired) electrons. The Kier molecular flexibility index (Phi) is 6.14. The van der Waals surface area contributed by atoms with Crippen molar-refractivity contribution in [2.75, 3.05) is 32.8 Å². The molecule has 3 aliphatic rings. The molecule has 2 heterocycles. The quantitative estimate of drug-likeness (QED) is 0.854. The number of carbonyl (C=O) groups is 2. The molecule has 136 valence electrons. The Morgan fingerprint density at radius 2 is 1.71 bits per heavy atom. The molecule has 0 spiro atoms.